The van der Waals surface area contributed by atoms with E-state index in [1.807, 2.05) is 0 Å². The quantitative estimate of drug-likeness (QED) is 0.466. The molecule has 0 aliphatic carbocycles. The Morgan fingerprint density at radius 2 is 2.25 bits per heavy atom. The predicted molar refractivity (Wildman–Crippen MR) is 48.9 cm³/mol. The molecule has 1 aliphatic heterocycles. The van der Waals surface area contributed by atoms with E-state index in [9.17, 15) is 0 Å². The lowest BCUT2D eigenvalue weighted by atomic mass is 10.1. The molecular formula is C10H18O2. The Balaban J connectivity index is 1.98. The van der Waals surface area contributed by atoms with Gasteiger partial charge in [0.1, 0.15) is 12.7 Å². The lowest BCUT2D eigenvalue weighted by molar-refractivity contribution is 0.210. The molecule has 70 valence electrons. The number of ether oxygens (including phenoxy) is 2. The molecule has 0 aromatic heterocycles. The van der Waals surface area contributed by atoms with Crippen molar-refractivity contribution in [1.29, 1.82) is 0 Å². The molecule has 2 heteroatoms. The lowest BCUT2D eigenvalue weighted by Crippen LogP contribution is -1.99. The Hall–Kier alpha value is -0.500. The van der Waals surface area contributed by atoms with Crippen LogP contribution in [0.4, 0.5) is 0 Å². The molecule has 0 N–H and O–H groups in total. The van der Waals surface area contributed by atoms with Crippen LogP contribution in [0.25, 0.3) is 0 Å². The number of hydrogen-bond donors (Lipinski definition) is 0. The van der Waals surface area contributed by atoms with Crippen LogP contribution < -0.4 is 0 Å². The molecule has 0 bridgehead atoms. The fourth-order valence-corrected chi connectivity index (χ4v) is 0.881. The van der Waals surface area contributed by atoms with Gasteiger partial charge in [0.2, 0.25) is 0 Å². The summed E-state index contributed by atoms with van der Waals surface area (Å²) >= 11 is 0. The Bertz CT molecular complexity index is 154. The van der Waals surface area contributed by atoms with E-state index in [0.29, 0.717) is 24.7 Å². The van der Waals surface area contributed by atoms with Gasteiger partial charge in [0.15, 0.2) is 0 Å². The zero-order valence-electron chi connectivity index (χ0n) is 8.12. The Kier molecular flexibility index (Phi) is 3.60. The SMILES string of the molecule is CCC(C)C=COCC1OC1C. The third-order valence-corrected chi connectivity index (χ3v) is 2.24. The second-order valence-electron chi connectivity index (χ2n) is 3.43. The largest absolute Gasteiger partial charge is 0.499 e. The highest BCUT2D eigenvalue weighted by Crippen LogP contribution is 2.20. The number of epoxide rings is 1. The molecule has 3 atom stereocenters. The molecule has 1 saturated heterocycles. The highest BCUT2D eigenvalue weighted by Gasteiger charge is 2.34. The van der Waals surface area contributed by atoms with Gasteiger partial charge in [-0.3, -0.25) is 0 Å². The molecule has 1 aliphatic rings. The molecule has 1 fully saturated rings. The topological polar surface area (TPSA) is 21.8 Å². The summed E-state index contributed by atoms with van der Waals surface area (Å²) < 4.78 is 10.5. The van der Waals surface area contributed by atoms with Crippen molar-refractivity contribution < 1.29 is 9.47 Å². The number of allylic oxidation sites excluding steroid dienone is 1. The first kappa shape index (κ1) is 9.59. The standard InChI is InChI=1S/C10H18O2/c1-4-8(2)5-6-11-7-10-9(3)12-10/h5-6,8-10H,4,7H2,1-3H3. The summed E-state index contributed by atoms with van der Waals surface area (Å²) in [4.78, 5) is 0. The maximum Gasteiger partial charge on any atom is 0.118 e. The second-order valence-corrected chi connectivity index (χ2v) is 3.43. The van der Waals surface area contributed by atoms with Gasteiger partial charge in [0, 0.05) is 0 Å². The molecule has 1 rings (SSSR count). The van der Waals surface area contributed by atoms with Crippen LogP contribution in [0.15, 0.2) is 12.3 Å². The molecule has 0 saturated carbocycles. The average Bonchev–Trinajstić information content (AvgIpc) is 2.75. The molecule has 0 aromatic carbocycles. The minimum Gasteiger partial charge on any atom is -0.499 e. The Morgan fingerprint density at radius 1 is 1.58 bits per heavy atom. The molecule has 2 nitrogen and oxygen atoms in total. The lowest BCUT2D eigenvalue weighted by Gasteiger charge is -2.00. The van der Waals surface area contributed by atoms with E-state index < -0.39 is 0 Å². The maximum atomic E-state index is 5.29. The summed E-state index contributed by atoms with van der Waals surface area (Å²) in [7, 11) is 0. The molecule has 0 amide bonds. The van der Waals surface area contributed by atoms with E-state index in [1.54, 1.807) is 6.26 Å². The summed E-state index contributed by atoms with van der Waals surface area (Å²) in [5.41, 5.74) is 0. The number of hydrogen-bond acceptors (Lipinski definition) is 2. The van der Waals surface area contributed by atoms with E-state index in [2.05, 4.69) is 26.8 Å². The van der Waals surface area contributed by atoms with Gasteiger partial charge in [-0.25, -0.2) is 0 Å². The second kappa shape index (κ2) is 4.51. The van der Waals surface area contributed by atoms with Crippen molar-refractivity contribution in [1.82, 2.24) is 0 Å². The molecule has 0 spiro atoms. The monoisotopic (exact) mass is 170 g/mol. The van der Waals surface area contributed by atoms with Crippen molar-refractivity contribution in [3.8, 4) is 0 Å². The van der Waals surface area contributed by atoms with Crippen LogP contribution in [-0.2, 0) is 9.47 Å². The van der Waals surface area contributed by atoms with Crippen molar-refractivity contribution in [2.24, 2.45) is 5.92 Å². The van der Waals surface area contributed by atoms with Crippen LogP contribution in [-0.4, -0.2) is 18.8 Å². The summed E-state index contributed by atoms with van der Waals surface area (Å²) in [6.45, 7) is 7.11. The van der Waals surface area contributed by atoms with Gasteiger partial charge in [-0.2, -0.15) is 0 Å². The van der Waals surface area contributed by atoms with Gasteiger partial charge in [0.05, 0.1) is 12.4 Å². The zero-order chi connectivity index (χ0) is 8.97. The first-order valence-electron chi connectivity index (χ1n) is 4.67. The smallest absolute Gasteiger partial charge is 0.118 e. The van der Waals surface area contributed by atoms with Crippen molar-refractivity contribution in [2.45, 2.75) is 39.4 Å². The molecule has 0 radical (unpaired) electrons. The van der Waals surface area contributed by atoms with Crippen molar-refractivity contribution in [2.75, 3.05) is 6.61 Å². The van der Waals surface area contributed by atoms with Crippen LogP contribution in [0.2, 0.25) is 0 Å². The van der Waals surface area contributed by atoms with Crippen LogP contribution >= 0.6 is 0 Å². The molecule has 1 heterocycles. The minimum absolute atomic E-state index is 0.339. The van der Waals surface area contributed by atoms with Crippen molar-refractivity contribution in [3.63, 3.8) is 0 Å². The van der Waals surface area contributed by atoms with E-state index in [1.165, 1.54) is 0 Å². The highest BCUT2D eigenvalue weighted by molar-refractivity contribution is 4.83. The van der Waals surface area contributed by atoms with Crippen LogP contribution in [0, 0.1) is 5.92 Å². The highest BCUT2D eigenvalue weighted by atomic mass is 16.6. The molecule has 0 aromatic rings. The van der Waals surface area contributed by atoms with E-state index in [4.69, 9.17) is 9.47 Å². The summed E-state index contributed by atoms with van der Waals surface area (Å²) in [6.07, 6.45) is 5.79. The Labute approximate surface area is 74.6 Å². The normalized spacial score (nSPS) is 30.6. The van der Waals surface area contributed by atoms with Crippen LogP contribution in [0.5, 0.6) is 0 Å². The van der Waals surface area contributed by atoms with Gasteiger partial charge in [-0.05, 0) is 25.3 Å². The fraction of sp³-hybridized carbons (Fsp3) is 0.800. The predicted octanol–water partition coefficient (Wildman–Crippen LogP) is 2.35. The van der Waals surface area contributed by atoms with Gasteiger partial charge < -0.3 is 9.47 Å². The summed E-state index contributed by atoms with van der Waals surface area (Å²) in [5, 5.41) is 0. The van der Waals surface area contributed by atoms with Gasteiger partial charge >= 0.3 is 0 Å². The minimum atomic E-state index is 0.339. The van der Waals surface area contributed by atoms with Gasteiger partial charge in [-0.15, -0.1) is 0 Å². The summed E-state index contributed by atoms with van der Waals surface area (Å²) in [5.74, 6) is 0.613. The third-order valence-electron chi connectivity index (χ3n) is 2.24. The molecule has 3 unspecified atom stereocenters. The molecular weight excluding hydrogens is 152 g/mol. The first-order valence-corrected chi connectivity index (χ1v) is 4.67. The maximum absolute atomic E-state index is 5.29. The average molecular weight is 170 g/mol. The van der Waals surface area contributed by atoms with E-state index in [-0.39, 0.29) is 0 Å². The molecule has 12 heavy (non-hydrogen) atoms. The van der Waals surface area contributed by atoms with Crippen molar-refractivity contribution in [3.05, 3.63) is 12.3 Å². The third kappa shape index (κ3) is 3.26. The summed E-state index contributed by atoms with van der Waals surface area (Å²) in [6, 6.07) is 0. The van der Waals surface area contributed by atoms with E-state index >= 15 is 0 Å². The van der Waals surface area contributed by atoms with Crippen molar-refractivity contribution >= 4 is 0 Å². The first-order chi connectivity index (χ1) is 5.74. The Morgan fingerprint density at radius 3 is 2.75 bits per heavy atom. The number of rotatable bonds is 5. The van der Waals surface area contributed by atoms with Gasteiger partial charge in [-0.1, -0.05) is 13.8 Å². The van der Waals surface area contributed by atoms with Gasteiger partial charge in [0.25, 0.3) is 0 Å². The zero-order valence-corrected chi connectivity index (χ0v) is 8.12. The van der Waals surface area contributed by atoms with E-state index in [0.717, 1.165) is 6.42 Å². The van der Waals surface area contributed by atoms with Crippen LogP contribution in [0.3, 0.4) is 0 Å². The fourth-order valence-electron chi connectivity index (χ4n) is 0.881. The van der Waals surface area contributed by atoms with Crippen LogP contribution in [0.1, 0.15) is 27.2 Å².